The lowest BCUT2D eigenvalue weighted by molar-refractivity contribution is 0.726. The minimum absolute atomic E-state index is 0.531. The van der Waals surface area contributed by atoms with Crippen molar-refractivity contribution in [1.82, 2.24) is 0 Å². The van der Waals surface area contributed by atoms with Crippen LogP contribution < -0.4 is 0 Å². The fourth-order valence-corrected chi connectivity index (χ4v) is 11.7. The van der Waals surface area contributed by atoms with Crippen LogP contribution in [0.3, 0.4) is 0 Å². The van der Waals surface area contributed by atoms with E-state index in [1.165, 1.54) is 0 Å². The van der Waals surface area contributed by atoms with Crippen LogP contribution in [0.4, 0.5) is 0 Å². The summed E-state index contributed by atoms with van der Waals surface area (Å²) in [6.07, 6.45) is 19.1. The highest BCUT2D eigenvalue weighted by atomic mass is 32.1. The van der Waals surface area contributed by atoms with Gasteiger partial charge in [0.1, 0.15) is 0 Å². The molecule has 0 spiro atoms. The van der Waals surface area contributed by atoms with E-state index < -0.39 is 0 Å². The second-order valence-corrected chi connectivity index (χ2v) is 11.9. The molecule has 0 aliphatic carbocycles. The molecule has 2 heteroatoms. The van der Waals surface area contributed by atoms with Gasteiger partial charge in [-0.15, -0.1) is 0 Å². The summed E-state index contributed by atoms with van der Waals surface area (Å²) in [7, 11) is 1.06. The molecule has 0 amide bonds. The first-order valence-corrected chi connectivity index (χ1v) is 10.6. The third-order valence-corrected chi connectivity index (χ3v) is 12.5. The number of hydrogen-bond acceptors (Lipinski definition) is 0. The van der Waals surface area contributed by atoms with Gasteiger partial charge in [0.25, 0.3) is 0 Å². The van der Waals surface area contributed by atoms with Crippen molar-refractivity contribution in [3.63, 3.8) is 0 Å². The Bertz CT molecular complexity index is 124. The van der Waals surface area contributed by atoms with Crippen molar-refractivity contribution in [2.45, 2.75) is 51.4 Å². The Labute approximate surface area is 91.6 Å². The Hall–Kier alpha value is 0.860. The average molecular weight is 230 g/mol. The van der Waals surface area contributed by atoms with Crippen LogP contribution in [0.1, 0.15) is 51.4 Å². The fraction of sp³-hybridized carbons (Fsp3) is 1.00. The van der Waals surface area contributed by atoms with Crippen LogP contribution in [0, 0.1) is 0 Å². The first kappa shape index (κ1) is 11.3. The molecule has 0 nitrogen and oxygen atoms in total. The second kappa shape index (κ2) is 6.44. The summed E-state index contributed by atoms with van der Waals surface area (Å²) in [5.74, 6) is 0. The molecule has 0 aromatic rings. The second-order valence-electron chi connectivity index (χ2n) is 4.74. The molecule has 14 heavy (non-hydrogen) atoms. The molecule has 2 heterocycles. The van der Waals surface area contributed by atoms with E-state index in [-0.39, 0.29) is 0 Å². The Morgan fingerprint density at radius 1 is 0.357 bits per heavy atom. The van der Waals surface area contributed by atoms with E-state index in [0.717, 1.165) is 0 Å². The Morgan fingerprint density at radius 3 is 0.929 bits per heavy atom. The molecule has 2 aliphatic heterocycles. The van der Waals surface area contributed by atoms with E-state index in [0.29, 0.717) is 15.2 Å². The summed E-state index contributed by atoms with van der Waals surface area (Å²) >= 11 is 0. The number of hydrogen-bond donors (Lipinski definition) is 0. The molecular formula is C12H24P2. The molecule has 2 saturated heterocycles. The van der Waals surface area contributed by atoms with Gasteiger partial charge >= 0.3 is 0 Å². The van der Waals surface area contributed by atoms with Crippen molar-refractivity contribution in [2.75, 3.05) is 24.6 Å². The Kier molecular flexibility index (Phi) is 5.22. The minimum Gasteiger partial charge on any atom is -0.0810 e. The summed E-state index contributed by atoms with van der Waals surface area (Å²) in [5, 5.41) is 0. The van der Waals surface area contributed by atoms with E-state index >= 15 is 0 Å². The van der Waals surface area contributed by atoms with Crippen LogP contribution in [-0.4, -0.2) is 24.6 Å². The van der Waals surface area contributed by atoms with Crippen molar-refractivity contribution in [1.29, 1.82) is 0 Å². The zero-order valence-corrected chi connectivity index (χ0v) is 11.2. The van der Waals surface area contributed by atoms with E-state index in [2.05, 4.69) is 0 Å². The normalized spacial score (nSPS) is 28.3. The van der Waals surface area contributed by atoms with Gasteiger partial charge in [-0.2, -0.15) is 0 Å². The largest absolute Gasteiger partial charge is 0.0810 e. The standard InChI is InChI=1S/C12H24P2/c1-2-6-10-13(9-5-1)14-11-7-3-4-8-12-14/h1-12H2. The van der Waals surface area contributed by atoms with Crippen molar-refractivity contribution in [3.05, 3.63) is 0 Å². The molecule has 0 aromatic heterocycles. The molecule has 2 fully saturated rings. The van der Waals surface area contributed by atoms with Crippen LogP contribution in [-0.2, 0) is 0 Å². The van der Waals surface area contributed by atoms with Crippen LogP contribution in [0.2, 0.25) is 0 Å². The smallest absolute Gasteiger partial charge is 0.0287 e. The molecule has 0 bridgehead atoms. The van der Waals surface area contributed by atoms with Gasteiger partial charge in [-0.05, 0) is 50.3 Å². The summed E-state index contributed by atoms with van der Waals surface area (Å²) < 4.78 is 0. The van der Waals surface area contributed by atoms with E-state index in [1.54, 1.807) is 76.0 Å². The van der Waals surface area contributed by atoms with E-state index in [1.807, 2.05) is 0 Å². The van der Waals surface area contributed by atoms with Crippen LogP contribution in [0.5, 0.6) is 0 Å². The van der Waals surface area contributed by atoms with Gasteiger partial charge in [-0.1, -0.05) is 40.9 Å². The van der Waals surface area contributed by atoms with E-state index in [4.69, 9.17) is 0 Å². The van der Waals surface area contributed by atoms with E-state index in [9.17, 15) is 0 Å². The lowest BCUT2D eigenvalue weighted by Gasteiger charge is -2.26. The van der Waals surface area contributed by atoms with Crippen LogP contribution >= 0.6 is 15.2 Å². The first-order chi connectivity index (χ1) is 6.97. The topological polar surface area (TPSA) is 0 Å². The quantitative estimate of drug-likeness (QED) is 0.555. The molecule has 82 valence electrons. The van der Waals surface area contributed by atoms with Crippen molar-refractivity contribution in [2.24, 2.45) is 0 Å². The van der Waals surface area contributed by atoms with Gasteiger partial charge < -0.3 is 0 Å². The highest BCUT2D eigenvalue weighted by Gasteiger charge is 2.22. The fourth-order valence-electron chi connectivity index (χ4n) is 2.67. The maximum Gasteiger partial charge on any atom is -0.0287 e. The van der Waals surface area contributed by atoms with Crippen molar-refractivity contribution >= 4 is 15.2 Å². The van der Waals surface area contributed by atoms with Gasteiger partial charge in [0.2, 0.25) is 0 Å². The molecule has 0 aromatic carbocycles. The first-order valence-electron chi connectivity index (χ1n) is 6.46. The predicted octanol–water partition coefficient (Wildman–Crippen LogP) is 5.01. The highest BCUT2D eigenvalue weighted by Crippen LogP contribution is 2.71. The minimum atomic E-state index is 0.531. The SMILES string of the molecule is C1CCCP(P2CCCCCC2)CC1. The third-order valence-electron chi connectivity index (χ3n) is 3.56. The zero-order valence-electron chi connectivity index (χ0n) is 9.38. The average Bonchev–Trinajstić information content (AvgIpc) is 2.62. The van der Waals surface area contributed by atoms with Crippen LogP contribution in [0.25, 0.3) is 0 Å². The molecular weight excluding hydrogens is 206 g/mol. The summed E-state index contributed by atoms with van der Waals surface area (Å²) in [6.45, 7) is 0. The predicted molar refractivity (Wildman–Crippen MR) is 70.2 cm³/mol. The molecule has 0 unspecified atom stereocenters. The lowest BCUT2D eigenvalue weighted by Crippen LogP contribution is -1.91. The third kappa shape index (κ3) is 3.46. The van der Waals surface area contributed by atoms with Gasteiger partial charge in [0.05, 0.1) is 0 Å². The summed E-state index contributed by atoms with van der Waals surface area (Å²) in [6, 6.07) is 0. The maximum absolute atomic E-state index is 1.65. The van der Waals surface area contributed by atoms with Gasteiger partial charge in [0, 0.05) is 0 Å². The molecule has 0 saturated carbocycles. The maximum atomic E-state index is 1.65. The number of rotatable bonds is 1. The summed E-state index contributed by atoms with van der Waals surface area (Å²) in [5.41, 5.74) is 0. The molecule has 2 rings (SSSR count). The Morgan fingerprint density at radius 2 is 0.643 bits per heavy atom. The Balaban J connectivity index is 1.83. The van der Waals surface area contributed by atoms with Crippen LogP contribution in [0.15, 0.2) is 0 Å². The van der Waals surface area contributed by atoms with Gasteiger partial charge in [-0.3, -0.25) is 0 Å². The van der Waals surface area contributed by atoms with Crippen molar-refractivity contribution in [3.8, 4) is 0 Å². The molecule has 0 radical (unpaired) electrons. The van der Waals surface area contributed by atoms with Crippen molar-refractivity contribution < 1.29 is 0 Å². The monoisotopic (exact) mass is 230 g/mol. The highest BCUT2D eigenvalue weighted by molar-refractivity contribution is 8.29. The zero-order chi connectivity index (χ0) is 9.64. The summed E-state index contributed by atoms with van der Waals surface area (Å²) in [4.78, 5) is 0. The van der Waals surface area contributed by atoms with Gasteiger partial charge in [0.15, 0.2) is 0 Å². The molecule has 0 N–H and O–H groups in total. The molecule has 0 atom stereocenters. The lowest BCUT2D eigenvalue weighted by atomic mass is 10.2. The van der Waals surface area contributed by atoms with Gasteiger partial charge in [-0.25, -0.2) is 0 Å². The molecule has 2 aliphatic rings.